The lowest BCUT2D eigenvalue weighted by atomic mass is 9.89. The molecule has 0 bridgehead atoms. The van der Waals surface area contributed by atoms with E-state index in [1.165, 1.54) is 19.3 Å². The van der Waals surface area contributed by atoms with E-state index in [9.17, 15) is 0 Å². The highest BCUT2D eigenvalue weighted by Crippen LogP contribution is 2.50. The number of hydrogen-bond donors (Lipinski definition) is 3. The maximum Gasteiger partial charge on any atom is 0.139 e. The minimum atomic E-state index is 0.209. The second-order valence-corrected chi connectivity index (χ2v) is 5.55. The Bertz CT molecular complexity index is 285. The molecule has 0 amide bonds. The van der Waals surface area contributed by atoms with Crippen molar-refractivity contribution in [1.82, 2.24) is 4.90 Å². The van der Waals surface area contributed by atoms with Gasteiger partial charge in [0.25, 0.3) is 0 Å². The second-order valence-electron chi connectivity index (χ2n) is 5.55. The van der Waals surface area contributed by atoms with Gasteiger partial charge in [-0.05, 0) is 31.1 Å². The van der Waals surface area contributed by atoms with Crippen LogP contribution in [-0.2, 0) is 0 Å². The smallest absolute Gasteiger partial charge is 0.139 e. The summed E-state index contributed by atoms with van der Waals surface area (Å²) in [6, 6.07) is 0.645. The molecule has 0 aliphatic heterocycles. The topological polar surface area (TPSA) is 82.1 Å². The van der Waals surface area contributed by atoms with Gasteiger partial charge < -0.3 is 16.0 Å². The third-order valence-electron chi connectivity index (χ3n) is 4.16. The van der Waals surface area contributed by atoms with Gasteiger partial charge in [-0.2, -0.15) is 0 Å². The Labute approximate surface area is 102 Å². The summed E-state index contributed by atoms with van der Waals surface area (Å²) in [7, 11) is 0. The first-order valence-corrected chi connectivity index (χ1v) is 6.50. The van der Waals surface area contributed by atoms with Crippen LogP contribution in [-0.4, -0.2) is 46.8 Å². The Morgan fingerprint density at radius 2 is 2.12 bits per heavy atom. The number of hydrogen-bond acceptors (Lipinski definition) is 4. The SMILES string of the molecule is NC(CC1(CN(CCO)C2CCC2)CC1)=NO. The fraction of sp³-hybridized carbons (Fsp3) is 0.917. The molecule has 0 heterocycles. The van der Waals surface area contributed by atoms with E-state index < -0.39 is 0 Å². The van der Waals surface area contributed by atoms with E-state index in [1.807, 2.05) is 0 Å². The summed E-state index contributed by atoms with van der Waals surface area (Å²) in [5, 5.41) is 20.8. The van der Waals surface area contributed by atoms with E-state index in [-0.39, 0.29) is 12.0 Å². The van der Waals surface area contributed by atoms with Gasteiger partial charge in [0, 0.05) is 25.6 Å². The van der Waals surface area contributed by atoms with Crippen molar-refractivity contribution in [3.8, 4) is 0 Å². The van der Waals surface area contributed by atoms with Crippen molar-refractivity contribution in [3.63, 3.8) is 0 Å². The summed E-state index contributed by atoms with van der Waals surface area (Å²) < 4.78 is 0. The first kappa shape index (κ1) is 12.6. The van der Waals surface area contributed by atoms with Crippen molar-refractivity contribution in [1.29, 1.82) is 0 Å². The van der Waals surface area contributed by atoms with Crippen LogP contribution in [0.15, 0.2) is 5.16 Å². The lowest BCUT2D eigenvalue weighted by Crippen LogP contribution is -2.45. The van der Waals surface area contributed by atoms with Crippen LogP contribution < -0.4 is 5.73 Å². The van der Waals surface area contributed by atoms with E-state index in [1.54, 1.807) is 0 Å². The van der Waals surface area contributed by atoms with Crippen molar-refractivity contribution in [2.24, 2.45) is 16.3 Å². The summed E-state index contributed by atoms with van der Waals surface area (Å²) in [6.07, 6.45) is 6.78. The lowest BCUT2D eigenvalue weighted by Gasteiger charge is -2.39. The highest BCUT2D eigenvalue weighted by atomic mass is 16.4. The Hall–Kier alpha value is -0.810. The third-order valence-corrected chi connectivity index (χ3v) is 4.16. The molecule has 0 unspecified atom stereocenters. The Balaban J connectivity index is 1.88. The van der Waals surface area contributed by atoms with Crippen LogP contribution >= 0.6 is 0 Å². The molecule has 0 aromatic carbocycles. The van der Waals surface area contributed by atoms with Crippen molar-refractivity contribution in [3.05, 3.63) is 0 Å². The summed E-state index contributed by atoms with van der Waals surface area (Å²) in [4.78, 5) is 2.39. The first-order chi connectivity index (χ1) is 8.19. The summed E-state index contributed by atoms with van der Waals surface area (Å²) in [5.41, 5.74) is 5.81. The molecule has 2 saturated carbocycles. The van der Waals surface area contributed by atoms with Crippen LogP contribution in [0.25, 0.3) is 0 Å². The normalized spacial score (nSPS) is 23.8. The maximum absolute atomic E-state index is 9.12. The lowest BCUT2D eigenvalue weighted by molar-refractivity contribution is 0.0811. The summed E-state index contributed by atoms with van der Waals surface area (Å²) in [6.45, 7) is 1.95. The van der Waals surface area contributed by atoms with Crippen LogP contribution in [0.2, 0.25) is 0 Å². The van der Waals surface area contributed by atoms with E-state index >= 15 is 0 Å². The Kier molecular flexibility index (Phi) is 3.89. The van der Waals surface area contributed by atoms with Crippen LogP contribution in [0.3, 0.4) is 0 Å². The van der Waals surface area contributed by atoms with Gasteiger partial charge in [0.05, 0.1) is 6.61 Å². The average molecular weight is 241 g/mol. The Morgan fingerprint density at radius 3 is 2.53 bits per heavy atom. The molecule has 98 valence electrons. The van der Waals surface area contributed by atoms with E-state index in [0.717, 1.165) is 25.9 Å². The van der Waals surface area contributed by atoms with Gasteiger partial charge in [0.1, 0.15) is 5.84 Å². The molecule has 2 aliphatic rings. The predicted molar refractivity (Wildman–Crippen MR) is 66.0 cm³/mol. The zero-order chi connectivity index (χ0) is 12.3. The molecule has 17 heavy (non-hydrogen) atoms. The van der Waals surface area contributed by atoms with Crippen LogP contribution in [0.5, 0.6) is 0 Å². The molecule has 2 aliphatic carbocycles. The molecule has 0 atom stereocenters. The molecule has 5 nitrogen and oxygen atoms in total. The van der Waals surface area contributed by atoms with E-state index in [0.29, 0.717) is 18.3 Å². The van der Waals surface area contributed by atoms with E-state index in [4.69, 9.17) is 16.0 Å². The molecule has 0 spiro atoms. The molecular formula is C12H23N3O2. The van der Waals surface area contributed by atoms with Crippen LogP contribution in [0.1, 0.15) is 38.5 Å². The number of amidine groups is 1. The minimum absolute atomic E-state index is 0.209. The van der Waals surface area contributed by atoms with Gasteiger partial charge >= 0.3 is 0 Å². The maximum atomic E-state index is 9.12. The molecule has 0 saturated heterocycles. The molecule has 0 aromatic heterocycles. The fourth-order valence-electron chi connectivity index (χ4n) is 2.69. The van der Waals surface area contributed by atoms with E-state index in [2.05, 4.69) is 10.1 Å². The molecule has 0 radical (unpaired) electrons. The zero-order valence-electron chi connectivity index (χ0n) is 10.3. The van der Waals surface area contributed by atoms with Gasteiger partial charge in [0.15, 0.2) is 0 Å². The van der Waals surface area contributed by atoms with Crippen molar-refractivity contribution in [2.75, 3.05) is 19.7 Å². The fourth-order valence-corrected chi connectivity index (χ4v) is 2.69. The average Bonchev–Trinajstić information content (AvgIpc) is 2.95. The zero-order valence-corrected chi connectivity index (χ0v) is 10.3. The van der Waals surface area contributed by atoms with Gasteiger partial charge in [-0.15, -0.1) is 0 Å². The quantitative estimate of drug-likeness (QED) is 0.266. The molecular weight excluding hydrogens is 218 g/mol. The number of nitrogens with two attached hydrogens (primary N) is 1. The standard InChI is InChI=1S/C12H23N3O2/c13-11(14-17)8-12(4-5-12)9-15(6-7-16)10-2-1-3-10/h10,16-17H,1-9H2,(H2,13,14). The van der Waals surface area contributed by atoms with Gasteiger partial charge in [-0.3, -0.25) is 4.90 Å². The highest BCUT2D eigenvalue weighted by Gasteiger charge is 2.45. The first-order valence-electron chi connectivity index (χ1n) is 6.50. The molecule has 2 fully saturated rings. The van der Waals surface area contributed by atoms with Crippen LogP contribution in [0, 0.1) is 5.41 Å². The second kappa shape index (κ2) is 5.23. The number of nitrogens with zero attached hydrogens (tertiary/aromatic N) is 2. The number of rotatable bonds is 7. The number of oxime groups is 1. The van der Waals surface area contributed by atoms with Crippen molar-refractivity contribution < 1.29 is 10.3 Å². The van der Waals surface area contributed by atoms with Gasteiger partial charge in [-0.1, -0.05) is 11.6 Å². The minimum Gasteiger partial charge on any atom is -0.409 e. The molecule has 2 rings (SSSR count). The third kappa shape index (κ3) is 3.10. The monoisotopic (exact) mass is 241 g/mol. The summed E-state index contributed by atoms with van der Waals surface area (Å²) >= 11 is 0. The van der Waals surface area contributed by atoms with Gasteiger partial charge in [-0.25, -0.2) is 0 Å². The Morgan fingerprint density at radius 1 is 1.41 bits per heavy atom. The molecule has 5 heteroatoms. The van der Waals surface area contributed by atoms with Crippen molar-refractivity contribution >= 4 is 5.84 Å². The number of aliphatic hydroxyl groups excluding tert-OH is 1. The van der Waals surface area contributed by atoms with Crippen molar-refractivity contribution in [2.45, 2.75) is 44.6 Å². The molecule has 0 aromatic rings. The summed E-state index contributed by atoms with van der Waals surface area (Å²) in [5.74, 6) is 0.333. The molecule has 4 N–H and O–H groups in total. The highest BCUT2D eigenvalue weighted by molar-refractivity contribution is 5.80. The van der Waals surface area contributed by atoms with Gasteiger partial charge in [0.2, 0.25) is 0 Å². The largest absolute Gasteiger partial charge is 0.409 e. The predicted octanol–water partition coefficient (Wildman–Crippen LogP) is 0.750. The van der Waals surface area contributed by atoms with Crippen LogP contribution in [0.4, 0.5) is 0 Å². The number of aliphatic hydroxyl groups is 1.